The Balaban J connectivity index is 1.92. The van der Waals surface area contributed by atoms with Crippen LogP contribution in [0.4, 0.5) is 0 Å². The van der Waals surface area contributed by atoms with Crippen molar-refractivity contribution in [2.75, 3.05) is 6.61 Å². The zero-order valence-corrected chi connectivity index (χ0v) is 9.96. The molecule has 1 aliphatic rings. The molecule has 0 aromatic heterocycles. The van der Waals surface area contributed by atoms with Gasteiger partial charge in [0.25, 0.3) is 0 Å². The second-order valence-electron chi connectivity index (χ2n) is 4.64. The predicted octanol–water partition coefficient (Wildman–Crippen LogP) is 3.69. The van der Waals surface area contributed by atoms with Gasteiger partial charge in [0, 0.05) is 6.42 Å². The minimum atomic E-state index is 0.0113. The molecule has 0 saturated carbocycles. The summed E-state index contributed by atoms with van der Waals surface area (Å²) in [5, 5.41) is 0. The van der Waals surface area contributed by atoms with Gasteiger partial charge in [-0.15, -0.1) is 0 Å². The van der Waals surface area contributed by atoms with Gasteiger partial charge in [0.15, 0.2) is 0 Å². The second-order valence-corrected chi connectivity index (χ2v) is 4.64. The highest BCUT2D eigenvalue weighted by Crippen LogP contribution is 2.22. The number of hydrogen-bond donors (Lipinski definition) is 0. The van der Waals surface area contributed by atoms with Crippen molar-refractivity contribution < 1.29 is 9.53 Å². The van der Waals surface area contributed by atoms with Crippen LogP contribution >= 0.6 is 0 Å². The average molecular weight is 212 g/mol. The molecule has 88 valence electrons. The molecule has 1 rings (SSSR count). The number of esters is 1. The minimum absolute atomic E-state index is 0.0113. The van der Waals surface area contributed by atoms with Crippen molar-refractivity contribution in [1.29, 1.82) is 0 Å². The van der Waals surface area contributed by atoms with E-state index >= 15 is 0 Å². The first-order valence-electron chi connectivity index (χ1n) is 6.48. The minimum Gasteiger partial charge on any atom is -0.466 e. The Bertz CT molecular complexity index is 177. The summed E-state index contributed by atoms with van der Waals surface area (Å²) in [6, 6.07) is 0. The Morgan fingerprint density at radius 2 is 1.93 bits per heavy atom. The molecule has 0 radical (unpaired) electrons. The Kier molecular flexibility index (Phi) is 6.45. The standard InChI is InChI=1S/C13H24O2/c1-2-3-4-5-6-7-8-12-9-10-15-13(14)11-12/h12H,2-11H2,1H3/t12-/m0/s1. The highest BCUT2D eigenvalue weighted by atomic mass is 16.5. The molecule has 0 aromatic carbocycles. The van der Waals surface area contributed by atoms with Crippen LogP contribution in [0, 0.1) is 5.92 Å². The van der Waals surface area contributed by atoms with Gasteiger partial charge in [-0.1, -0.05) is 45.4 Å². The summed E-state index contributed by atoms with van der Waals surface area (Å²) in [5.74, 6) is 0.620. The van der Waals surface area contributed by atoms with Crippen molar-refractivity contribution in [1.82, 2.24) is 0 Å². The van der Waals surface area contributed by atoms with Crippen LogP contribution < -0.4 is 0 Å². The Hall–Kier alpha value is -0.530. The maximum Gasteiger partial charge on any atom is 0.306 e. The van der Waals surface area contributed by atoms with Crippen LogP contribution in [0.2, 0.25) is 0 Å². The summed E-state index contributed by atoms with van der Waals surface area (Å²) >= 11 is 0. The fourth-order valence-corrected chi connectivity index (χ4v) is 2.20. The summed E-state index contributed by atoms with van der Waals surface area (Å²) in [6.45, 7) is 2.90. The SMILES string of the molecule is CCCCCCCC[C@H]1CCOC(=O)C1. The van der Waals surface area contributed by atoms with E-state index in [0.717, 1.165) is 6.42 Å². The lowest BCUT2D eigenvalue weighted by atomic mass is 9.93. The number of hydrogen-bond acceptors (Lipinski definition) is 2. The van der Waals surface area contributed by atoms with Crippen molar-refractivity contribution in [2.24, 2.45) is 5.92 Å². The monoisotopic (exact) mass is 212 g/mol. The molecule has 0 aliphatic carbocycles. The molecular formula is C13H24O2. The van der Waals surface area contributed by atoms with Crippen LogP contribution in [0.25, 0.3) is 0 Å². The lowest BCUT2D eigenvalue weighted by Gasteiger charge is -2.20. The van der Waals surface area contributed by atoms with E-state index in [2.05, 4.69) is 6.92 Å². The van der Waals surface area contributed by atoms with Crippen LogP contribution in [-0.4, -0.2) is 12.6 Å². The first kappa shape index (κ1) is 12.5. The third kappa shape index (κ3) is 5.81. The summed E-state index contributed by atoms with van der Waals surface area (Å²) in [4.78, 5) is 11.0. The zero-order valence-electron chi connectivity index (χ0n) is 9.96. The summed E-state index contributed by atoms with van der Waals surface area (Å²) < 4.78 is 4.93. The summed E-state index contributed by atoms with van der Waals surface area (Å²) in [5.41, 5.74) is 0. The van der Waals surface area contributed by atoms with Gasteiger partial charge in [-0.25, -0.2) is 0 Å². The van der Waals surface area contributed by atoms with Crippen molar-refractivity contribution in [2.45, 2.75) is 64.7 Å². The molecule has 2 heteroatoms. The van der Waals surface area contributed by atoms with E-state index in [0.29, 0.717) is 18.9 Å². The largest absolute Gasteiger partial charge is 0.466 e. The van der Waals surface area contributed by atoms with Gasteiger partial charge >= 0.3 is 5.97 Å². The van der Waals surface area contributed by atoms with E-state index in [4.69, 9.17) is 4.74 Å². The lowest BCUT2D eigenvalue weighted by molar-refractivity contribution is -0.149. The molecule has 0 unspecified atom stereocenters. The molecule has 15 heavy (non-hydrogen) atoms. The highest BCUT2D eigenvalue weighted by Gasteiger charge is 2.19. The number of carbonyl (C=O) groups excluding carboxylic acids is 1. The number of unbranched alkanes of at least 4 members (excludes halogenated alkanes) is 5. The maximum absolute atomic E-state index is 11.0. The molecule has 0 amide bonds. The van der Waals surface area contributed by atoms with Crippen LogP contribution in [-0.2, 0) is 9.53 Å². The zero-order chi connectivity index (χ0) is 10.9. The predicted molar refractivity (Wildman–Crippen MR) is 61.7 cm³/mol. The van der Waals surface area contributed by atoms with Gasteiger partial charge in [0.05, 0.1) is 6.61 Å². The van der Waals surface area contributed by atoms with E-state index in [1.54, 1.807) is 0 Å². The fraction of sp³-hybridized carbons (Fsp3) is 0.923. The topological polar surface area (TPSA) is 26.3 Å². The first-order valence-corrected chi connectivity index (χ1v) is 6.48. The quantitative estimate of drug-likeness (QED) is 0.475. The number of carbonyl (C=O) groups is 1. The molecule has 0 bridgehead atoms. The average Bonchev–Trinajstić information content (AvgIpc) is 2.23. The third-order valence-corrected chi connectivity index (χ3v) is 3.21. The van der Waals surface area contributed by atoms with Crippen LogP contribution in [0.1, 0.15) is 64.7 Å². The normalized spacial score (nSPS) is 21.4. The van der Waals surface area contributed by atoms with Gasteiger partial charge in [-0.3, -0.25) is 4.79 Å². The van der Waals surface area contributed by atoms with Crippen LogP contribution in [0.3, 0.4) is 0 Å². The molecule has 1 heterocycles. The molecule has 2 nitrogen and oxygen atoms in total. The van der Waals surface area contributed by atoms with E-state index in [-0.39, 0.29) is 5.97 Å². The third-order valence-electron chi connectivity index (χ3n) is 3.21. The van der Waals surface area contributed by atoms with Crippen molar-refractivity contribution in [3.05, 3.63) is 0 Å². The van der Waals surface area contributed by atoms with Crippen LogP contribution in [0.15, 0.2) is 0 Å². The second kappa shape index (κ2) is 7.72. The Morgan fingerprint density at radius 3 is 2.67 bits per heavy atom. The Labute approximate surface area is 93.4 Å². The first-order chi connectivity index (χ1) is 7.33. The van der Waals surface area contributed by atoms with Crippen LogP contribution in [0.5, 0.6) is 0 Å². The van der Waals surface area contributed by atoms with E-state index in [1.807, 2.05) is 0 Å². The number of cyclic esters (lactones) is 1. The molecule has 1 fully saturated rings. The van der Waals surface area contributed by atoms with Crippen molar-refractivity contribution in [3.63, 3.8) is 0 Å². The van der Waals surface area contributed by atoms with E-state index in [9.17, 15) is 4.79 Å². The number of ether oxygens (including phenoxy) is 1. The van der Waals surface area contributed by atoms with Crippen molar-refractivity contribution in [3.8, 4) is 0 Å². The smallest absolute Gasteiger partial charge is 0.306 e. The van der Waals surface area contributed by atoms with Gasteiger partial charge in [-0.05, 0) is 18.8 Å². The highest BCUT2D eigenvalue weighted by molar-refractivity contribution is 5.70. The summed E-state index contributed by atoms with van der Waals surface area (Å²) in [6.07, 6.45) is 11.0. The molecule has 1 aliphatic heterocycles. The van der Waals surface area contributed by atoms with E-state index in [1.165, 1.54) is 44.9 Å². The summed E-state index contributed by atoms with van der Waals surface area (Å²) in [7, 11) is 0. The van der Waals surface area contributed by atoms with Gasteiger partial charge in [-0.2, -0.15) is 0 Å². The molecule has 1 atom stereocenters. The fourth-order valence-electron chi connectivity index (χ4n) is 2.20. The Morgan fingerprint density at radius 1 is 1.20 bits per heavy atom. The molecule has 0 N–H and O–H groups in total. The van der Waals surface area contributed by atoms with E-state index < -0.39 is 0 Å². The van der Waals surface area contributed by atoms with Gasteiger partial charge < -0.3 is 4.74 Å². The maximum atomic E-state index is 11.0. The lowest BCUT2D eigenvalue weighted by Crippen LogP contribution is -2.20. The molecule has 0 aromatic rings. The van der Waals surface area contributed by atoms with Gasteiger partial charge in [0.1, 0.15) is 0 Å². The molecule has 1 saturated heterocycles. The van der Waals surface area contributed by atoms with Gasteiger partial charge in [0.2, 0.25) is 0 Å². The molecule has 0 spiro atoms. The number of rotatable bonds is 7. The molecular weight excluding hydrogens is 188 g/mol. The van der Waals surface area contributed by atoms with Crippen molar-refractivity contribution >= 4 is 5.97 Å².